The van der Waals surface area contributed by atoms with Gasteiger partial charge in [0.05, 0.1) is 19.9 Å². The van der Waals surface area contributed by atoms with E-state index in [0.717, 1.165) is 23.1 Å². The van der Waals surface area contributed by atoms with E-state index in [-0.39, 0.29) is 0 Å². The van der Waals surface area contributed by atoms with Gasteiger partial charge in [-0.3, -0.25) is 5.43 Å². The van der Waals surface area contributed by atoms with E-state index in [4.69, 9.17) is 15.2 Å². The van der Waals surface area contributed by atoms with Crippen molar-refractivity contribution < 1.29 is 9.47 Å². The molecule has 0 aliphatic carbocycles. The van der Waals surface area contributed by atoms with Crippen LogP contribution < -0.4 is 20.6 Å². The summed E-state index contributed by atoms with van der Waals surface area (Å²) in [6.07, 6.45) is 2.62. The first kappa shape index (κ1) is 16.6. The number of thiazole rings is 1. The number of methoxy groups -OCH3 is 1. The second-order valence-corrected chi connectivity index (χ2v) is 5.90. The number of nitrogen functional groups attached to an aromatic ring is 1. The van der Waals surface area contributed by atoms with Gasteiger partial charge in [0.25, 0.3) is 0 Å². The molecule has 0 radical (unpaired) electrons. The SMILES string of the molecule is COc1cc(C=NNc2nc(N)cs2)ccc1OCCCBr. The number of nitrogens with one attached hydrogen (secondary N) is 1. The normalized spacial score (nSPS) is 10.8. The molecule has 1 aromatic heterocycles. The summed E-state index contributed by atoms with van der Waals surface area (Å²) in [7, 11) is 1.62. The Morgan fingerprint density at radius 3 is 3.00 bits per heavy atom. The number of ether oxygens (including phenoxy) is 2. The molecule has 0 aliphatic heterocycles. The molecule has 0 aliphatic rings. The van der Waals surface area contributed by atoms with Gasteiger partial charge in [0.15, 0.2) is 11.5 Å². The maximum absolute atomic E-state index is 5.66. The maximum Gasteiger partial charge on any atom is 0.205 e. The first-order valence-corrected chi connectivity index (χ1v) is 8.60. The summed E-state index contributed by atoms with van der Waals surface area (Å²) in [5, 5.41) is 7.43. The highest BCUT2D eigenvalue weighted by Gasteiger charge is 2.05. The fourth-order valence-corrected chi connectivity index (χ4v) is 2.40. The number of nitrogens with two attached hydrogens (primary N) is 1. The number of nitrogens with zero attached hydrogens (tertiary/aromatic N) is 2. The van der Waals surface area contributed by atoms with Crippen LogP contribution in [0.2, 0.25) is 0 Å². The molecule has 6 nitrogen and oxygen atoms in total. The van der Waals surface area contributed by atoms with Crippen LogP contribution in [-0.2, 0) is 0 Å². The van der Waals surface area contributed by atoms with Crippen molar-refractivity contribution in [3.63, 3.8) is 0 Å². The molecule has 22 heavy (non-hydrogen) atoms. The van der Waals surface area contributed by atoms with Crippen LogP contribution in [0.4, 0.5) is 10.9 Å². The highest BCUT2D eigenvalue weighted by molar-refractivity contribution is 9.09. The average Bonchev–Trinajstić information content (AvgIpc) is 2.94. The second kappa shape index (κ2) is 8.60. The molecule has 3 N–H and O–H groups in total. The van der Waals surface area contributed by atoms with Crippen molar-refractivity contribution in [1.82, 2.24) is 4.98 Å². The number of hydrogen-bond acceptors (Lipinski definition) is 7. The predicted octanol–water partition coefficient (Wildman–Crippen LogP) is 3.34. The summed E-state index contributed by atoms with van der Waals surface area (Å²) in [6.45, 7) is 0.641. The summed E-state index contributed by atoms with van der Waals surface area (Å²) < 4.78 is 11.0. The van der Waals surface area contributed by atoms with Crippen LogP contribution >= 0.6 is 27.3 Å². The third-order valence-electron chi connectivity index (χ3n) is 2.62. The highest BCUT2D eigenvalue weighted by atomic mass is 79.9. The Hall–Kier alpha value is -1.80. The van der Waals surface area contributed by atoms with Gasteiger partial charge >= 0.3 is 0 Å². The van der Waals surface area contributed by atoms with Gasteiger partial charge in [-0.2, -0.15) is 5.10 Å². The van der Waals surface area contributed by atoms with E-state index in [1.165, 1.54) is 11.3 Å². The number of hydrogen-bond donors (Lipinski definition) is 2. The maximum atomic E-state index is 5.66. The minimum atomic E-state index is 0.481. The fourth-order valence-electron chi connectivity index (χ4n) is 1.62. The first-order chi connectivity index (χ1) is 10.7. The lowest BCUT2D eigenvalue weighted by Gasteiger charge is -2.10. The number of hydrazone groups is 1. The van der Waals surface area contributed by atoms with Gasteiger partial charge in [-0.25, -0.2) is 4.98 Å². The van der Waals surface area contributed by atoms with Crippen molar-refractivity contribution in [3.8, 4) is 11.5 Å². The van der Waals surface area contributed by atoms with Gasteiger partial charge in [-0.1, -0.05) is 15.9 Å². The van der Waals surface area contributed by atoms with Crippen LogP contribution in [0.1, 0.15) is 12.0 Å². The average molecular weight is 385 g/mol. The number of anilines is 2. The van der Waals surface area contributed by atoms with Crippen LogP contribution in [0.5, 0.6) is 11.5 Å². The van der Waals surface area contributed by atoms with E-state index in [1.807, 2.05) is 18.2 Å². The molecular weight excluding hydrogens is 368 g/mol. The van der Waals surface area contributed by atoms with Crippen LogP contribution in [0, 0.1) is 0 Å². The lowest BCUT2D eigenvalue weighted by Crippen LogP contribution is -2.00. The lowest BCUT2D eigenvalue weighted by molar-refractivity contribution is 0.295. The van der Waals surface area contributed by atoms with Crippen molar-refractivity contribution in [1.29, 1.82) is 0 Å². The Labute approximate surface area is 141 Å². The summed E-state index contributed by atoms with van der Waals surface area (Å²) >= 11 is 4.77. The van der Waals surface area contributed by atoms with Gasteiger partial charge < -0.3 is 15.2 Å². The number of benzene rings is 1. The molecule has 118 valence electrons. The lowest BCUT2D eigenvalue weighted by atomic mass is 10.2. The Bertz CT molecular complexity index is 633. The van der Waals surface area contributed by atoms with Crippen LogP contribution in [0.3, 0.4) is 0 Å². The van der Waals surface area contributed by atoms with Crippen LogP contribution in [0.25, 0.3) is 0 Å². The molecule has 0 bridgehead atoms. The zero-order valence-corrected chi connectivity index (χ0v) is 14.5. The Kier molecular flexibility index (Phi) is 6.47. The van der Waals surface area contributed by atoms with Gasteiger partial charge in [0.1, 0.15) is 5.82 Å². The van der Waals surface area contributed by atoms with Gasteiger partial charge in [0, 0.05) is 10.7 Å². The number of alkyl halides is 1. The summed E-state index contributed by atoms with van der Waals surface area (Å²) in [5.41, 5.74) is 9.26. The summed E-state index contributed by atoms with van der Waals surface area (Å²) in [4.78, 5) is 4.05. The van der Waals surface area contributed by atoms with E-state index in [1.54, 1.807) is 18.7 Å². The first-order valence-electron chi connectivity index (χ1n) is 6.60. The Balaban J connectivity index is 1.99. The molecule has 2 rings (SSSR count). The monoisotopic (exact) mass is 384 g/mol. The zero-order chi connectivity index (χ0) is 15.8. The van der Waals surface area contributed by atoms with Gasteiger partial charge in [0.2, 0.25) is 5.13 Å². The number of halogens is 1. The third-order valence-corrected chi connectivity index (χ3v) is 3.94. The van der Waals surface area contributed by atoms with E-state index in [9.17, 15) is 0 Å². The molecule has 0 saturated heterocycles. The third kappa shape index (κ3) is 4.88. The van der Waals surface area contributed by atoms with E-state index < -0.39 is 0 Å². The zero-order valence-electron chi connectivity index (χ0n) is 12.1. The topological polar surface area (TPSA) is 81.8 Å². The predicted molar refractivity (Wildman–Crippen MR) is 94.6 cm³/mol. The van der Waals surface area contributed by atoms with Crippen molar-refractivity contribution >= 4 is 44.4 Å². The van der Waals surface area contributed by atoms with E-state index in [0.29, 0.717) is 23.3 Å². The molecule has 2 aromatic rings. The number of rotatable bonds is 8. The van der Waals surface area contributed by atoms with Crippen molar-refractivity contribution in [2.24, 2.45) is 5.10 Å². The van der Waals surface area contributed by atoms with Gasteiger partial charge in [-0.15, -0.1) is 11.3 Å². The molecule has 1 heterocycles. The van der Waals surface area contributed by atoms with Crippen molar-refractivity contribution in [2.45, 2.75) is 6.42 Å². The summed E-state index contributed by atoms with van der Waals surface area (Å²) in [5.74, 6) is 1.88. The van der Waals surface area contributed by atoms with Crippen LogP contribution in [-0.4, -0.2) is 30.2 Å². The van der Waals surface area contributed by atoms with Crippen molar-refractivity contribution in [3.05, 3.63) is 29.1 Å². The van der Waals surface area contributed by atoms with E-state index >= 15 is 0 Å². The fraction of sp³-hybridized carbons (Fsp3) is 0.286. The minimum Gasteiger partial charge on any atom is -0.493 e. The highest BCUT2D eigenvalue weighted by Crippen LogP contribution is 2.27. The standard InChI is InChI=1S/C14H17BrN4O2S/c1-20-12-7-10(3-4-11(12)21-6-2-5-15)8-17-19-14-18-13(16)9-22-14/h3-4,7-9H,2,5-6,16H2,1H3,(H,18,19). The summed E-state index contributed by atoms with van der Waals surface area (Å²) in [6, 6.07) is 5.65. The minimum absolute atomic E-state index is 0.481. The Morgan fingerprint density at radius 2 is 2.32 bits per heavy atom. The van der Waals surface area contributed by atoms with Crippen LogP contribution in [0.15, 0.2) is 28.7 Å². The van der Waals surface area contributed by atoms with Gasteiger partial charge in [-0.05, 0) is 30.2 Å². The largest absolute Gasteiger partial charge is 0.493 e. The molecular formula is C14H17BrN4O2S. The molecule has 8 heteroatoms. The molecule has 0 saturated carbocycles. The Morgan fingerprint density at radius 1 is 1.45 bits per heavy atom. The van der Waals surface area contributed by atoms with E-state index in [2.05, 4.69) is 31.4 Å². The number of aromatic nitrogens is 1. The molecule has 0 atom stereocenters. The molecule has 0 unspecified atom stereocenters. The molecule has 1 aromatic carbocycles. The molecule has 0 amide bonds. The quantitative estimate of drug-likeness (QED) is 0.315. The molecule has 0 spiro atoms. The smallest absolute Gasteiger partial charge is 0.205 e. The second-order valence-electron chi connectivity index (χ2n) is 4.25. The molecule has 0 fully saturated rings. The van der Waals surface area contributed by atoms with Crippen molar-refractivity contribution in [2.75, 3.05) is 30.2 Å².